The summed E-state index contributed by atoms with van der Waals surface area (Å²) < 4.78 is 5.01. The van der Waals surface area contributed by atoms with Gasteiger partial charge < -0.3 is 14.9 Å². The first-order valence-corrected chi connectivity index (χ1v) is 8.45. The van der Waals surface area contributed by atoms with Gasteiger partial charge in [-0.1, -0.05) is 16.8 Å². The van der Waals surface area contributed by atoms with Crippen LogP contribution in [-0.2, 0) is 17.6 Å². The van der Waals surface area contributed by atoms with Crippen LogP contribution in [0.4, 0.5) is 0 Å². The highest BCUT2D eigenvalue weighted by Crippen LogP contribution is 2.31. The van der Waals surface area contributed by atoms with Crippen LogP contribution in [0.15, 0.2) is 35.1 Å². The Labute approximate surface area is 145 Å². The van der Waals surface area contributed by atoms with Crippen LogP contribution >= 0.6 is 11.6 Å². The highest BCUT2D eigenvalue weighted by atomic mass is 35.5. The van der Waals surface area contributed by atoms with E-state index in [1.165, 1.54) is 0 Å². The summed E-state index contributed by atoms with van der Waals surface area (Å²) in [7, 11) is 0. The molecular weight excluding hydrogens is 330 g/mol. The Bertz CT molecular complexity index is 671. The molecule has 1 saturated carbocycles. The Balaban J connectivity index is 1.55. The Hall–Kier alpha value is -1.92. The Morgan fingerprint density at radius 1 is 1.42 bits per heavy atom. The molecule has 6 nitrogen and oxygen atoms in total. The standard InChI is InChI=1S/C17H20ClN3O3/c18-16-10-14(24-21-16)1-2-17(23)20-15(12-8-13(22)9-12)7-11-3-5-19-6-4-11/h3-6,10,12-13,15,22H,1-2,7-9H2,(H,20,23)/t12?,13?,15-/m0/s1. The molecule has 1 atom stereocenters. The van der Waals surface area contributed by atoms with E-state index in [0.717, 1.165) is 24.8 Å². The molecule has 0 saturated heterocycles. The second-order valence-corrected chi connectivity index (χ2v) is 6.62. The van der Waals surface area contributed by atoms with Gasteiger partial charge in [-0.25, -0.2) is 0 Å². The summed E-state index contributed by atoms with van der Waals surface area (Å²) in [6.07, 6.45) is 6.22. The maximum atomic E-state index is 12.3. The lowest BCUT2D eigenvalue weighted by Crippen LogP contribution is -2.48. The molecular formula is C17H20ClN3O3. The molecule has 0 spiro atoms. The number of halogens is 1. The summed E-state index contributed by atoms with van der Waals surface area (Å²) in [6, 6.07) is 5.53. The van der Waals surface area contributed by atoms with Crippen LogP contribution in [0.25, 0.3) is 0 Å². The van der Waals surface area contributed by atoms with E-state index < -0.39 is 0 Å². The fourth-order valence-electron chi connectivity index (χ4n) is 2.99. The molecule has 0 radical (unpaired) electrons. The molecule has 7 heteroatoms. The minimum Gasteiger partial charge on any atom is -0.393 e. The molecule has 24 heavy (non-hydrogen) atoms. The van der Waals surface area contributed by atoms with Crippen molar-refractivity contribution in [1.29, 1.82) is 0 Å². The zero-order valence-corrected chi connectivity index (χ0v) is 13.9. The molecule has 128 valence electrons. The molecule has 2 heterocycles. The molecule has 0 aliphatic heterocycles. The van der Waals surface area contributed by atoms with E-state index in [4.69, 9.17) is 16.1 Å². The van der Waals surface area contributed by atoms with Gasteiger partial charge in [0, 0.05) is 37.3 Å². The summed E-state index contributed by atoms with van der Waals surface area (Å²) >= 11 is 5.70. The summed E-state index contributed by atoms with van der Waals surface area (Å²) in [4.78, 5) is 16.3. The molecule has 0 aromatic carbocycles. The normalized spacial score (nSPS) is 21.1. The van der Waals surface area contributed by atoms with Crippen molar-refractivity contribution in [3.8, 4) is 0 Å². The van der Waals surface area contributed by atoms with E-state index in [0.29, 0.717) is 29.7 Å². The van der Waals surface area contributed by atoms with E-state index in [1.54, 1.807) is 18.5 Å². The van der Waals surface area contributed by atoms with Gasteiger partial charge in [-0.15, -0.1) is 0 Å². The molecule has 1 amide bonds. The predicted octanol–water partition coefficient (Wildman–Crippen LogP) is 2.15. The Morgan fingerprint density at radius 3 is 2.79 bits per heavy atom. The predicted molar refractivity (Wildman–Crippen MR) is 88.4 cm³/mol. The topological polar surface area (TPSA) is 88.3 Å². The van der Waals surface area contributed by atoms with Gasteiger partial charge in [0.05, 0.1) is 6.10 Å². The first-order chi connectivity index (χ1) is 11.6. The molecule has 1 fully saturated rings. The van der Waals surface area contributed by atoms with Crippen molar-refractivity contribution < 1.29 is 14.4 Å². The number of rotatable bonds is 7. The van der Waals surface area contributed by atoms with E-state index in [2.05, 4.69) is 15.5 Å². The van der Waals surface area contributed by atoms with Gasteiger partial charge in [0.2, 0.25) is 5.91 Å². The number of nitrogens with zero attached hydrogens (tertiary/aromatic N) is 2. The molecule has 2 aromatic heterocycles. The average Bonchev–Trinajstić information content (AvgIpc) is 2.96. The third-order valence-electron chi connectivity index (χ3n) is 4.40. The second-order valence-electron chi connectivity index (χ2n) is 6.23. The van der Waals surface area contributed by atoms with Crippen LogP contribution in [-0.4, -0.2) is 33.3 Å². The van der Waals surface area contributed by atoms with E-state index in [9.17, 15) is 9.90 Å². The highest BCUT2D eigenvalue weighted by molar-refractivity contribution is 6.29. The van der Waals surface area contributed by atoms with Crippen LogP contribution in [0.1, 0.15) is 30.6 Å². The fourth-order valence-corrected chi connectivity index (χ4v) is 3.14. The number of amides is 1. The van der Waals surface area contributed by atoms with Crippen molar-refractivity contribution in [3.63, 3.8) is 0 Å². The van der Waals surface area contributed by atoms with E-state index in [1.807, 2.05) is 12.1 Å². The van der Waals surface area contributed by atoms with Crippen LogP contribution in [0.3, 0.4) is 0 Å². The second kappa shape index (κ2) is 7.77. The smallest absolute Gasteiger partial charge is 0.220 e. The Morgan fingerprint density at radius 2 is 2.17 bits per heavy atom. The molecule has 2 aromatic rings. The maximum Gasteiger partial charge on any atom is 0.220 e. The third kappa shape index (κ3) is 4.55. The lowest BCUT2D eigenvalue weighted by atomic mass is 9.75. The van der Waals surface area contributed by atoms with Crippen LogP contribution < -0.4 is 5.32 Å². The lowest BCUT2D eigenvalue weighted by molar-refractivity contribution is -0.123. The van der Waals surface area contributed by atoms with E-state index in [-0.39, 0.29) is 18.1 Å². The van der Waals surface area contributed by atoms with Gasteiger partial charge in [0.15, 0.2) is 5.15 Å². The maximum absolute atomic E-state index is 12.3. The number of carbonyl (C=O) groups is 1. The highest BCUT2D eigenvalue weighted by Gasteiger charge is 2.34. The average molecular weight is 350 g/mol. The van der Waals surface area contributed by atoms with Crippen molar-refractivity contribution in [2.24, 2.45) is 5.92 Å². The SMILES string of the molecule is O=C(CCc1cc(Cl)no1)N[C@@H](Cc1ccncc1)C1CC(O)C1. The third-order valence-corrected chi connectivity index (χ3v) is 4.58. The van der Waals surface area contributed by atoms with Crippen LogP contribution in [0.2, 0.25) is 5.15 Å². The molecule has 1 aliphatic rings. The molecule has 2 N–H and O–H groups in total. The number of aromatic nitrogens is 2. The molecule has 0 bridgehead atoms. The minimum absolute atomic E-state index is 0.0154. The zero-order chi connectivity index (χ0) is 16.9. The monoisotopic (exact) mass is 349 g/mol. The van der Waals surface area contributed by atoms with Gasteiger partial charge in [-0.2, -0.15) is 0 Å². The van der Waals surface area contributed by atoms with Crippen molar-refractivity contribution >= 4 is 17.5 Å². The summed E-state index contributed by atoms with van der Waals surface area (Å²) in [5, 5.41) is 16.6. The van der Waals surface area contributed by atoms with Gasteiger partial charge in [0.1, 0.15) is 5.76 Å². The van der Waals surface area contributed by atoms with Crippen molar-refractivity contribution in [3.05, 3.63) is 47.1 Å². The quantitative estimate of drug-likeness (QED) is 0.799. The molecule has 1 aliphatic carbocycles. The number of hydrogen-bond acceptors (Lipinski definition) is 5. The zero-order valence-electron chi connectivity index (χ0n) is 13.2. The van der Waals surface area contributed by atoms with Crippen LogP contribution in [0, 0.1) is 5.92 Å². The van der Waals surface area contributed by atoms with Crippen LogP contribution in [0.5, 0.6) is 0 Å². The van der Waals surface area contributed by atoms with Crippen molar-refractivity contribution in [2.45, 2.75) is 44.2 Å². The summed E-state index contributed by atoms with van der Waals surface area (Å²) in [5.41, 5.74) is 1.12. The van der Waals surface area contributed by atoms with Gasteiger partial charge in [0.25, 0.3) is 0 Å². The number of aliphatic hydroxyl groups excluding tert-OH is 1. The first-order valence-electron chi connectivity index (χ1n) is 8.07. The van der Waals surface area contributed by atoms with Crippen molar-refractivity contribution in [1.82, 2.24) is 15.5 Å². The Kier molecular flexibility index (Phi) is 5.48. The van der Waals surface area contributed by atoms with Gasteiger partial charge in [-0.05, 0) is 42.9 Å². The van der Waals surface area contributed by atoms with Crippen molar-refractivity contribution in [2.75, 3.05) is 0 Å². The largest absolute Gasteiger partial charge is 0.393 e. The van der Waals surface area contributed by atoms with E-state index >= 15 is 0 Å². The number of carbonyl (C=O) groups excluding carboxylic acids is 1. The van der Waals surface area contributed by atoms with Gasteiger partial charge in [-0.3, -0.25) is 9.78 Å². The first kappa shape index (κ1) is 16.9. The summed E-state index contributed by atoms with van der Waals surface area (Å²) in [6.45, 7) is 0. The lowest BCUT2D eigenvalue weighted by Gasteiger charge is -2.38. The summed E-state index contributed by atoms with van der Waals surface area (Å²) in [5.74, 6) is 0.861. The molecule has 0 unspecified atom stereocenters. The fraction of sp³-hybridized carbons (Fsp3) is 0.471. The number of nitrogens with one attached hydrogen (secondary N) is 1. The number of aryl methyl sites for hydroxylation is 1. The number of pyridine rings is 1. The van der Waals surface area contributed by atoms with Gasteiger partial charge >= 0.3 is 0 Å². The number of aliphatic hydroxyl groups is 1. The minimum atomic E-state index is -0.247. The number of hydrogen-bond donors (Lipinski definition) is 2. The molecule has 3 rings (SSSR count).